The summed E-state index contributed by atoms with van der Waals surface area (Å²) in [6.07, 6.45) is 25.0. The first-order chi connectivity index (χ1) is 43.3. The van der Waals surface area contributed by atoms with Gasteiger partial charge in [-0.25, -0.2) is 17.6 Å². The molecule has 5 fully saturated rings. The van der Waals surface area contributed by atoms with Crippen molar-refractivity contribution in [2.75, 3.05) is 39.6 Å². The molecule has 3 unspecified atom stereocenters. The molecule has 524 valence electrons. The maximum atomic E-state index is 12.6. The fourth-order valence-electron chi connectivity index (χ4n) is 9.82. The van der Waals surface area contributed by atoms with Crippen LogP contribution in [0.5, 0.6) is 0 Å². The van der Waals surface area contributed by atoms with Crippen molar-refractivity contribution in [3.63, 3.8) is 0 Å². The highest BCUT2D eigenvalue weighted by Crippen LogP contribution is 2.28. The number of hydrogen-bond donors (Lipinski definition) is 0. The number of rotatable bonds is 0. The van der Waals surface area contributed by atoms with Crippen LogP contribution in [-0.2, 0) is 28.4 Å². The summed E-state index contributed by atoms with van der Waals surface area (Å²) in [5.74, 6) is 4.97. The molecule has 11 rings (SSSR count). The molecule has 4 aromatic rings. The van der Waals surface area contributed by atoms with Gasteiger partial charge in [0.1, 0.15) is 11.6 Å². The highest BCUT2D eigenvalue weighted by molar-refractivity contribution is 5.25. The fourth-order valence-corrected chi connectivity index (χ4v) is 9.82. The number of allylic oxidation sites excluding steroid dienone is 4. The molecule has 4 heterocycles. The van der Waals surface area contributed by atoms with Crippen LogP contribution in [0.25, 0.3) is 0 Å². The minimum Gasteiger partial charge on any atom is -0.378 e. The molecule has 3 aliphatic carbocycles. The van der Waals surface area contributed by atoms with Crippen LogP contribution in [0, 0.1) is 126 Å². The van der Waals surface area contributed by atoms with Crippen molar-refractivity contribution in [1.29, 1.82) is 0 Å². The third-order valence-corrected chi connectivity index (χ3v) is 17.4. The molecule has 10 heteroatoms. The number of ether oxygens (including phenoxy) is 6. The first-order valence-electron chi connectivity index (χ1n) is 35.2. The quantitative estimate of drug-likeness (QED) is 0.129. The highest BCUT2D eigenvalue weighted by atomic mass is 19.2. The molecule has 6 atom stereocenters. The van der Waals surface area contributed by atoms with Crippen LogP contribution in [0.4, 0.5) is 17.6 Å². The largest absolute Gasteiger partial charge is 0.378 e. The third kappa shape index (κ3) is 43.7. The summed E-state index contributed by atoms with van der Waals surface area (Å²) in [6.45, 7) is 50.6. The average molecular weight is 1290 g/mol. The Labute approximate surface area is 561 Å². The summed E-state index contributed by atoms with van der Waals surface area (Å²) in [6, 6.07) is 22.0. The van der Waals surface area contributed by atoms with Crippen molar-refractivity contribution in [2.45, 2.75) is 267 Å². The lowest BCUT2D eigenvalue weighted by Crippen LogP contribution is -2.27. The SMILES string of the molecule is CC1=CCC(C)CC1.CC1=CC[C@H](C)CC1.CC1CCC(C)CC1.CC1CC[C@@H](C)CO1.CC1CC[C@@H](C)OC1.CC1COC(C)OC1.CC1COC(C)OC1.Cc1ccc(C)c(F)c1.Cc1ccc(C)c(F)c1.Cc1ccc(C)c(F)c1F.Cc1ccc(C)cc1. The van der Waals surface area contributed by atoms with Gasteiger partial charge in [0.05, 0.1) is 38.6 Å². The second-order valence-electron chi connectivity index (χ2n) is 28.5. The smallest absolute Gasteiger partial charge is 0.161 e. The first kappa shape index (κ1) is 85.9. The molecule has 0 aromatic heterocycles. The van der Waals surface area contributed by atoms with Crippen molar-refractivity contribution >= 4 is 0 Å². The summed E-state index contributed by atoms with van der Waals surface area (Å²) in [5.41, 5.74) is 9.89. The van der Waals surface area contributed by atoms with E-state index < -0.39 is 11.6 Å². The van der Waals surface area contributed by atoms with Crippen molar-refractivity contribution in [3.05, 3.63) is 164 Å². The molecule has 0 radical (unpaired) electrons. The minimum atomic E-state index is -0.736. The Morgan fingerprint density at radius 3 is 0.772 bits per heavy atom. The lowest BCUT2D eigenvalue weighted by Gasteiger charge is -2.24. The van der Waals surface area contributed by atoms with Crippen molar-refractivity contribution in [2.24, 2.45) is 47.3 Å². The Bertz CT molecular complexity index is 2270. The van der Waals surface area contributed by atoms with Gasteiger partial charge >= 0.3 is 0 Å². The van der Waals surface area contributed by atoms with Crippen LogP contribution < -0.4 is 0 Å². The molecule has 7 aliphatic rings. The van der Waals surface area contributed by atoms with Crippen molar-refractivity contribution in [1.82, 2.24) is 0 Å². The standard InChI is InChI=1S/C8H8F2.2C8H9F.C8H16.2C8H14.C8H10.2C7H14O.2C6H12O2/c1-5-3-4-6(2)8(10)7(5)9;2*1-6-3-4-7(2)8(9)5-6;4*1-7-3-5-8(2)6-4-7;2*1-6-3-4-7(2)8-5-6;2*1-5-3-7-6(2)8-4-5/h3-4H,1-2H3;2*3-5H,1-2H3;7-8H,3-6H2,1-2H3;2*3,8H,4-6H2,1-2H3;3-6H,1-2H3;2*6-7H,3-5H2,1-2H3;2*5-6H,3-4H2,1-2H3/t;;;;8-;;;6?,7-;6-,7?;;/m....0..11../s1. The molecule has 6 nitrogen and oxygen atoms in total. The third-order valence-electron chi connectivity index (χ3n) is 17.4. The zero-order valence-electron chi connectivity index (χ0n) is 62.1. The van der Waals surface area contributed by atoms with Crippen molar-refractivity contribution in [3.8, 4) is 0 Å². The molecule has 4 saturated heterocycles. The predicted molar refractivity (Wildman–Crippen MR) is 383 cm³/mol. The zero-order chi connectivity index (χ0) is 69.3. The summed E-state index contributed by atoms with van der Waals surface area (Å²) in [5, 5.41) is 0. The minimum absolute atomic E-state index is 0.0196. The Balaban J connectivity index is 0.000000506. The van der Waals surface area contributed by atoms with Gasteiger partial charge in [-0.3, -0.25) is 0 Å². The lowest BCUT2D eigenvalue weighted by atomic mass is 9.84. The maximum absolute atomic E-state index is 12.6. The number of aryl methyl sites for hydroxylation is 8. The van der Waals surface area contributed by atoms with E-state index in [-0.39, 0.29) is 24.2 Å². The van der Waals surface area contributed by atoms with E-state index in [1.54, 1.807) is 49.3 Å². The Kier molecular flexibility index (Phi) is 46.1. The second kappa shape index (κ2) is 49.4. The molecule has 4 aliphatic heterocycles. The molecule has 1 saturated carbocycles. The molecule has 0 amide bonds. The van der Waals surface area contributed by atoms with E-state index >= 15 is 0 Å². The first-order valence-corrected chi connectivity index (χ1v) is 35.2. The van der Waals surface area contributed by atoms with E-state index in [4.69, 9.17) is 28.4 Å². The topological polar surface area (TPSA) is 55.4 Å². The van der Waals surface area contributed by atoms with Gasteiger partial charge in [0.25, 0.3) is 0 Å². The van der Waals surface area contributed by atoms with E-state index in [2.05, 4.69) is 133 Å². The summed E-state index contributed by atoms with van der Waals surface area (Å²) >= 11 is 0. The molecule has 0 N–H and O–H groups in total. The molecular formula is C82H132F4O6. The van der Waals surface area contributed by atoms with Crippen LogP contribution in [-0.4, -0.2) is 64.4 Å². The van der Waals surface area contributed by atoms with Crippen LogP contribution in [0.2, 0.25) is 0 Å². The van der Waals surface area contributed by atoms with E-state index in [0.29, 0.717) is 46.3 Å². The van der Waals surface area contributed by atoms with Gasteiger partial charge in [-0.1, -0.05) is 176 Å². The molecular weight excluding hydrogens is 1160 g/mol. The highest BCUT2D eigenvalue weighted by Gasteiger charge is 2.17. The van der Waals surface area contributed by atoms with E-state index in [1.807, 2.05) is 39.8 Å². The van der Waals surface area contributed by atoms with E-state index in [1.165, 1.54) is 127 Å². The van der Waals surface area contributed by atoms with Gasteiger partial charge in [-0.2, -0.15) is 0 Å². The van der Waals surface area contributed by atoms with Gasteiger partial charge in [0.2, 0.25) is 0 Å². The van der Waals surface area contributed by atoms with Gasteiger partial charge in [-0.15, -0.1) is 0 Å². The van der Waals surface area contributed by atoms with Crippen LogP contribution >= 0.6 is 0 Å². The number of benzene rings is 4. The summed E-state index contributed by atoms with van der Waals surface area (Å²) in [7, 11) is 0. The summed E-state index contributed by atoms with van der Waals surface area (Å²) < 4.78 is 81.8. The summed E-state index contributed by atoms with van der Waals surface area (Å²) in [4.78, 5) is 0. The molecule has 92 heavy (non-hydrogen) atoms. The Morgan fingerprint density at radius 1 is 0.283 bits per heavy atom. The van der Waals surface area contributed by atoms with E-state index in [9.17, 15) is 17.6 Å². The van der Waals surface area contributed by atoms with Gasteiger partial charge < -0.3 is 28.4 Å². The average Bonchev–Trinajstić information content (AvgIpc) is 1.70. The fraction of sp³-hybridized carbons (Fsp3) is 0.659. The Morgan fingerprint density at radius 2 is 0.554 bits per heavy atom. The van der Waals surface area contributed by atoms with E-state index in [0.717, 1.165) is 86.3 Å². The van der Waals surface area contributed by atoms with Crippen LogP contribution in [0.1, 0.15) is 231 Å². The second-order valence-corrected chi connectivity index (χ2v) is 28.5. The molecule has 0 bridgehead atoms. The zero-order valence-corrected chi connectivity index (χ0v) is 62.1. The van der Waals surface area contributed by atoms with Crippen LogP contribution in [0.3, 0.4) is 0 Å². The monoisotopic (exact) mass is 1290 g/mol. The van der Waals surface area contributed by atoms with Gasteiger partial charge in [0.15, 0.2) is 24.2 Å². The van der Waals surface area contributed by atoms with Crippen LogP contribution in [0.15, 0.2) is 96.1 Å². The predicted octanol–water partition coefficient (Wildman–Crippen LogP) is 23.8. The van der Waals surface area contributed by atoms with Crippen molar-refractivity contribution < 1.29 is 46.0 Å². The normalized spacial score (nSPS) is 26.2. The lowest BCUT2D eigenvalue weighted by molar-refractivity contribution is -0.187. The van der Waals surface area contributed by atoms with Gasteiger partial charge in [0, 0.05) is 25.0 Å². The number of hydrogen-bond acceptors (Lipinski definition) is 6. The molecule has 0 spiro atoms. The molecule has 4 aromatic carbocycles. The number of halogens is 4. The maximum Gasteiger partial charge on any atom is 0.161 e. The Hall–Kier alpha value is -4.16. The van der Waals surface area contributed by atoms with Gasteiger partial charge in [-0.05, 0) is 242 Å².